The lowest BCUT2D eigenvalue weighted by molar-refractivity contribution is -0.118. The number of nitrogens with one attached hydrogen (secondary N) is 1. The first-order valence-electron chi connectivity index (χ1n) is 9.49. The molecule has 5 nitrogen and oxygen atoms in total. The van der Waals surface area contributed by atoms with Crippen molar-refractivity contribution in [3.63, 3.8) is 0 Å². The minimum atomic E-state index is -3.67. The molecule has 7 heteroatoms. The van der Waals surface area contributed by atoms with Gasteiger partial charge in [-0.05, 0) is 73.1 Å². The Bertz CT molecular complexity index is 1030. The lowest BCUT2D eigenvalue weighted by Gasteiger charge is -2.30. The molecule has 0 atom stereocenters. The molecule has 4 rings (SSSR count). The molecule has 28 heavy (non-hydrogen) atoms. The maximum Gasteiger partial charge on any atom is 0.236 e. The van der Waals surface area contributed by atoms with Crippen LogP contribution in [0.3, 0.4) is 0 Å². The highest BCUT2D eigenvalue weighted by Crippen LogP contribution is 2.36. The maximum atomic E-state index is 13.7. The molecule has 0 radical (unpaired) electrons. The Hall–Kier alpha value is -2.41. The van der Waals surface area contributed by atoms with Crippen LogP contribution >= 0.6 is 0 Å². The highest BCUT2D eigenvalue weighted by atomic mass is 32.2. The Morgan fingerprint density at radius 2 is 1.93 bits per heavy atom. The Kier molecular flexibility index (Phi) is 4.87. The van der Waals surface area contributed by atoms with Gasteiger partial charge in [-0.3, -0.25) is 9.52 Å². The van der Waals surface area contributed by atoms with E-state index in [1.165, 1.54) is 6.07 Å². The van der Waals surface area contributed by atoms with Gasteiger partial charge < -0.3 is 4.90 Å². The molecule has 1 heterocycles. The monoisotopic (exact) mass is 402 g/mol. The van der Waals surface area contributed by atoms with E-state index < -0.39 is 15.8 Å². The summed E-state index contributed by atoms with van der Waals surface area (Å²) in [6.45, 7) is 2.38. The van der Waals surface area contributed by atoms with Crippen molar-refractivity contribution < 1.29 is 17.6 Å². The molecule has 0 saturated heterocycles. The van der Waals surface area contributed by atoms with Crippen molar-refractivity contribution in [2.75, 3.05) is 16.2 Å². The number of carbonyl (C=O) groups excluding carboxylic acids is 1. The number of rotatable bonds is 6. The van der Waals surface area contributed by atoms with Crippen molar-refractivity contribution >= 4 is 27.3 Å². The molecule has 0 aromatic heterocycles. The molecule has 1 N–H and O–H groups in total. The van der Waals surface area contributed by atoms with E-state index in [-0.39, 0.29) is 11.7 Å². The van der Waals surface area contributed by atoms with Gasteiger partial charge in [0.05, 0.1) is 5.75 Å². The second-order valence-corrected chi connectivity index (χ2v) is 9.46. The second-order valence-electron chi connectivity index (χ2n) is 7.74. The predicted molar refractivity (Wildman–Crippen MR) is 107 cm³/mol. The van der Waals surface area contributed by atoms with Crippen LogP contribution < -0.4 is 9.62 Å². The van der Waals surface area contributed by atoms with Crippen LogP contribution in [0.5, 0.6) is 0 Å². The summed E-state index contributed by atoms with van der Waals surface area (Å²) in [5.74, 6) is 0.00660. The van der Waals surface area contributed by atoms with Crippen LogP contribution in [0.1, 0.15) is 36.0 Å². The van der Waals surface area contributed by atoms with Crippen LogP contribution in [-0.4, -0.2) is 20.9 Å². The summed E-state index contributed by atoms with van der Waals surface area (Å²) in [5.41, 5.74) is 3.20. The molecule has 148 valence electrons. The number of amides is 1. The zero-order valence-corrected chi connectivity index (χ0v) is 16.6. The summed E-state index contributed by atoms with van der Waals surface area (Å²) in [7, 11) is -3.67. The normalized spacial score (nSPS) is 16.8. The maximum absolute atomic E-state index is 13.7. The number of sulfonamides is 1. The molecule has 2 aliphatic rings. The fourth-order valence-corrected chi connectivity index (χ4v) is 4.72. The summed E-state index contributed by atoms with van der Waals surface area (Å²) < 4.78 is 41.3. The van der Waals surface area contributed by atoms with Crippen molar-refractivity contribution in [2.45, 2.75) is 38.4 Å². The van der Waals surface area contributed by atoms with Gasteiger partial charge >= 0.3 is 0 Å². The molecule has 0 spiro atoms. The first kappa shape index (κ1) is 18.9. The van der Waals surface area contributed by atoms with Crippen molar-refractivity contribution in [1.29, 1.82) is 0 Å². The van der Waals surface area contributed by atoms with Gasteiger partial charge in [0.1, 0.15) is 5.82 Å². The minimum absolute atomic E-state index is 0.133. The molecule has 1 aliphatic heterocycles. The van der Waals surface area contributed by atoms with Gasteiger partial charge in [0, 0.05) is 24.3 Å². The molecule has 1 amide bonds. The second kappa shape index (κ2) is 7.20. The van der Waals surface area contributed by atoms with Crippen LogP contribution in [0.4, 0.5) is 15.8 Å². The van der Waals surface area contributed by atoms with E-state index in [1.807, 2.05) is 11.0 Å². The highest BCUT2D eigenvalue weighted by molar-refractivity contribution is 7.91. The van der Waals surface area contributed by atoms with Crippen LogP contribution in [0, 0.1) is 18.7 Å². The topological polar surface area (TPSA) is 66.5 Å². The van der Waals surface area contributed by atoms with Crippen LogP contribution in [0.15, 0.2) is 36.4 Å². The number of aryl methyl sites for hydroxylation is 2. The van der Waals surface area contributed by atoms with E-state index in [1.54, 1.807) is 31.2 Å². The molecule has 0 bridgehead atoms. The van der Waals surface area contributed by atoms with E-state index >= 15 is 0 Å². The third kappa shape index (κ3) is 4.19. The average molecular weight is 402 g/mol. The molecule has 1 aliphatic carbocycles. The smallest absolute Gasteiger partial charge is 0.236 e. The summed E-state index contributed by atoms with van der Waals surface area (Å²) in [4.78, 5) is 14.1. The van der Waals surface area contributed by atoms with E-state index in [0.29, 0.717) is 35.6 Å². The quantitative estimate of drug-likeness (QED) is 0.800. The number of nitrogens with zero attached hydrogens (tertiary/aromatic N) is 1. The Morgan fingerprint density at radius 3 is 2.64 bits per heavy atom. The lowest BCUT2D eigenvalue weighted by atomic mass is 10.00. The van der Waals surface area contributed by atoms with Crippen LogP contribution in [0.2, 0.25) is 0 Å². The fourth-order valence-electron chi connectivity index (χ4n) is 3.54. The molecule has 1 saturated carbocycles. The van der Waals surface area contributed by atoms with E-state index in [9.17, 15) is 17.6 Å². The number of benzene rings is 2. The number of halogens is 1. The summed E-state index contributed by atoms with van der Waals surface area (Å²) >= 11 is 0. The van der Waals surface area contributed by atoms with Crippen molar-refractivity contribution in [3.05, 3.63) is 58.9 Å². The number of hydrogen-bond acceptors (Lipinski definition) is 3. The number of carbonyl (C=O) groups is 1. The van der Waals surface area contributed by atoms with Gasteiger partial charge in [0.15, 0.2) is 0 Å². The largest absolute Gasteiger partial charge is 0.312 e. The van der Waals surface area contributed by atoms with Gasteiger partial charge in [-0.15, -0.1) is 0 Å². The number of hydrogen-bond donors (Lipinski definition) is 1. The number of fused-ring (bicyclic) bond motifs is 1. The summed E-state index contributed by atoms with van der Waals surface area (Å²) in [5, 5.41) is 0. The van der Waals surface area contributed by atoms with Gasteiger partial charge in [-0.1, -0.05) is 12.1 Å². The third-order valence-electron chi connectivity index (χ3n) is 5.28. The van der Waals surface area contributed by atoms with Crippen LogP contribution in [0.25, 0.3) is 0 Å². The third-order valence-corrected chi connectivity index (χ3v) is 6.54. The molecule has 2 aromatic carbocycles. The molecule has 0 unspecified atom stereocenters. The molecular formula is C21H23FN2O3S. The minimum Gasteiger partial charge on any atom is -0.312 e. The van der Waals surface area contributed by atoms with E-state index in [4.69, 9.17) is 0 Å². The first-order valence-corrected chi connectivity index (χ1v) is 11.1. The Labute approximate surface area is 164 Å². The first-order chi connectivity index (χ1) is 13.3. The lowest BCUT2D eigenvalue weighted by Crippen LogP contribution is -2.36. The van der Waals surface area contributed by atoms with Crippen LogP contribution in [-0.2, 0) is 27.0 Å². The zero-order chi connectivity index (χ0) is 19.9. The summed E-state index contributed by atoms with van der Waals surface area (Å²) in [6, 6.07) is 9.75. The van der Waals surface area contributed by atoms with Crippen molar-refractivity contribution in [1.82, 2.24) is 0 Å². The zero-order valence-electron chi connectivity index (χ0n) is 15.7. The van der Waals surface area contributed by atoms with Crippen molar-refractivity contribution in [3.8, 4) is 0 Å². The van der Waals surface area contributed by atoms with E-state index in [2.05, 4.69) is 4.72 Å². The SMILES string of the molecule is Cc1ccc(CS(=O)(=O)Nc2ccc3c(c2)CCC(=O)N3CC2CC2)cc1F. The fraction of sp³-hybridized carbons (Fsp3) is 0.381. The Balaban J connectivity index is 1.51. The van der Waals surface area contributed by atoms with Gasteiger partial charge in [0.25, 0.3) is 0 Å². The van der Waals surface area contributed by atoms with Crippen molar-refractivity contribution in [2.24, 2.45) is 5.92 Å². The van der Waals surface area contributed by atoms with Gasteiger partial charge in [-0.2, -0.15) is 0 Å². The molecule has 1 fully saturated rings. The molecule has 2 aromatic rings. The standard InChI is InChI=1S/C21H23FN2O3S/c1-14-2-3-16(10-19(14)22)13-28(26,27)23-18-7-8-20-17(11-18)6-9-21(25)24(20)12-15-4-5-15/h2-3,7-8,10-11,15,23H,4-6,9,12-13H2,1H3. The number of anilines is 2. The highest BCUT2D eigenvalue weighted by Gasteiger charge is 2.31. The van der Waals surface area contributed by atoms with Gasteiger partial charge in [0.2, 0.25) is 15.9 Å². The Morgan fingerprint density at radius 1 is 1.14 bits per heavy atom. The van der Waals surface area contributed by atoms with Gasteiger partial charge in [-0.25, -0.2) is 12.8 Å². The predicted octanol–water partition coefficient (Wildman–Crippen LogP) is 3.77. The average Bonchev–Trinajstić information content (AvgIpc) is 3.44. The molecular weight excluding hydrogens is 379 g/mol. The van der Waals surface area contributed by atoms with E-state index in [0.717, 1.165) is 30.6 Å². The summed E-state index contributed by atoms with van der Waals surface area (Å²) in [6.07, 6.45) is 3.37.